The zero-order valence-corrected chi connectivity index (χ0v) is 19.6. The molecule has 0 aromatic heterocycles. The van der Waals surface area contributed by atoms with E-state index in [2.05, 4.69) is 10.5 Å². The minimum atomic E-state index is -3.97. The molecule has 166 valence electrons. The van der Waals surface area contributed by atoms with E-state index in [0.29, 0.717) is 16.4 Å². The smallest absolute Gasteiger partial charge is 0.264 e. The van der Waals surface area contributed by atoms with Crippen molar-refractivity contribution in [2.24, 2.45) is 5.10 Å². The van der Waals surface area contributed by atoms with Gasteiger partial charge in [0.25, 0.3) is 15.9 Å². The molecule has 0 spiro atoms. The predicted molar refractivity (Wildman–Crippen MR) is 129 cm³/mol. The molecule has 0 saturated carbocycles. The van der Waals surface area contributed by atoms with Crippen LogP contribution in [0, 0.1) is 13.8 Å². The van der Waals surface area contributed by atoms with Crippen molar-refractivity contribution >= 4 is 38.9 Å². The number of hydrogen-bond donors (Lipinski definition) is 1. The van der Waals surface area contributed by atoms with Crippen LogP contribution in [0.1, 0.15) is 23.6 Å². The summed E-state index contributed by atoms with van der Waals surface area (Å²) in [5.74, 6) is -0.557. The fourth-order valence-corrected chi connectivity index (χ4v) is 4.72. The van der Waals surface area contributed by atoms with Crippen LogP contribution in [0.2, 0.25) is 5.02 Å². The maximum Gasteiger partial charge on any atom is 0.264 e. The van der Waals surface area contributed by atoms with E-state index in [0.717, 1.165) is 21.0 Å². The Kier molecular flexibility index (Phi) is 7.33. The van der Waals surface area contributed by atoms with Gasteiger partial charge in [0.1, 0.15) is 6.54 Å². The molecular formula is C24H24ClN3O3S. The number of aryl methyl sites for hydroxylation is 1. The van der Waals surface area contributed by atoms with Gasteiger partial charge in [-0.3, -0.25) is 9.10 Å². The van der Waals surface area contributed by atoms with Gasteiger partial charge in [-0.05, 0) is 67.8 Å². The monoisotopic (exact) mass is 469 g/mol. The van der Waals surface area contributed by atoms with Gasteiger partial charge in [0.15, 0.2) is 0 Å². The highest BCUT2D eigenvalue weighted by atomic mass is 35.5. The topological polar surface area (TPSA) is 78.8 Å². The summed E-state index contributed by atoms with van der Waals surface area (Å²) in [6.45, 7) is 5.05. The molecule has 3 rings (SSSR count). The summed E-state index contributed by atoms with van der Waals surface area (Å²) in [6.07, 6.45) is 0. The van der Waals surface area contributed by atoms with Crippen LogP contribution < -0.4 is 9.73 Å². The number of benzene rings is 3. The molecule has 8 heteroatoms. The van der Waals surface area contributed by atoms with Gasteiger partial charge >= 0.3 is 0 Å². The summed E-state index contributed by atoms with van der Waals surface area (Å²) < 4.78 is 28.0. The molecule has 0 aliphatic carbocycles. The van der Waals surface area contributed by atoms with Crippen LogP contribution in [0.25, 0.3) is 0 Å². The number of nitrogens with one attached hydrogen (secondary N) is 1. The van der Waals surface area contributed by atoms with Gasteiger partial charge in [-0.2, -0.15) is 5.10 Å². The third kappa shape index (κ3) is 5.36. The molecule has 0 aliphatic rings. The van der Waals surface area contributed by atoms with E-state index in [-0.39, 0.29) is 4.90 Å². The van der Waals surface area contributed by atoms with Crippen LogP contribution in [0.5, 0.6) is 0 Å². The Morgan fingerprint density at radius 1 is 0.969 bits per heavy atom. The number of rotatable bonds is 7. The van der Waals surface area contributed by atoms with Crippen LogP contribution in [-0.2, 0) is 14.8 Å². The van der Waals surface area contributed by atoms with Crippen LogP contribution in [0.3, 0.4) is 0 Å². The lowest BCUT2D eigenvalue weighted by molar-refractivity contribution is -0.119. The van der Waals surface area contributed by atoms with Crippen molar-refractivity contribution in [3.8, 4) is 0 Å². The molecule has 0 unspecified atom stereocenters. The summed E-state index contributed by atoms with van der Waals surface area (Å²) in [7, 11) is -3.97. The van der Waals surface area contributed by atoms with Crippen molar-refractivity contribution in [2.45, 2.75) is 25.7 Å². The first kappa shape index (κ1) is 23.5. The second-order valence-electron chi connectivity index (χ2n) is 7.28. The predicted octanol–water partition coefficient (Wildman–Crippen LogP) is 4.69. The Balaban J connectivity index is 1.90. The van der Waals surface area contributed by atoms with Gasteiger partial charge in [0.05, 0.1) is 16.3 Å². The zero-order chi connectivity index (χ0) is 23.3. The zero-order valence-electron chi connectivity index (χ0n) is 18.0. The van der Waals surface area contributed by atoms with Gasteiger partial charge < -0.3 is 0 Å². The highest BCUT2D eigenvalue weighted by molar-refractivity contribution is 7.92. The highest BCUT2D eigenvalue weighted by Gasteiger charge is 2.28. The summed E-state index contributed by atoms with van der Waals surface area (Å²) in [5, 5.41) is 4.72. The molecule has 3 aromatic carbocycles. The fraction of sp³-hybridized carbons (Fsp3) is 0.167. The molecule has 6 nitrogen and oxygen atoms in total. The van der Waals surface area contributed by atoms with Gasteiger partial charge in [-0.25, -0.2) is 13.8 Å². The molecule has 3 aromatic rings. The third-order valence-electron chi connectivity index (χ3n) is 5.07. The Bertz CT molecular complexity index is 1240. The maximum absolute atomic E-state index is 13.4. The largest absolute Gasteiger partial charge is 0.271 e. The van der Waals surface area contributed by atoms with E-state index in [1.54, 1.807) is 61.5 Å². The van der Waals surface area contributed by atoms with E-state index in [9.17, 15) is 13.2 Å². The average Bonchev–Trinajstić information content (AvgIpc) is 2.79. The first-order valence-corrected chi connectivity index (χ1v) is 11.7. The summed E-state index contributed by atoms with van der Waals surface area (Å²) in [6, 6.07) is 20.4. The molecular weight excluding hydrogens is 446 g/mol. The molecule has 0 saturated heterocycles. The molecule has 1 amide bonds. The SMILES string of the molecule is C/C(=N/NC(=O)CN(c1cccc(C)c1C)S(=O)(=O)c1ccccc1)c1ccc(Cl)cc1. The van der Waals surface area contributed by atoms with E-state index >= 15 is 0 Å². The van der Waals surface area contributed by atoms with E-state index in [1.165, 1.54) is 12.1 Å². The van der Waals surface area contributed by atoms with Crippen molar-refractivity contribution in [3.05, 3.63) is 94.5 Å². The maximum atomic E-state index is 13.4. The van der Waals surface area contributed by atoms with Crippen molar-refractivity contribution in [2.75, 3.05) is 10.8 Å². The number of carbonyl (C=O) groups excluding carboxylic acids is 1. The first-order valence-electron chi connectivity index (χ1n) is 9.93. The van der Waals surface area contributed by atoms with Crippen molar-refractivity contribution < 1.29 is 13.2 Å². The number of hydrogen-bond acceptors (Lipinski definition) is 4. The Labute approximate surface area is 193 Å². The fourth-order valence-electron chi connectivity index (χ4n) is 3.09. The normalized spacial score (nSPS) is 11.8. The first-order chi connectivity index (χ1) is 15.2. The number of nitrogens with zero attached hydrogens (tertiary/aromatic N) is 2. The molecule has 0 fully saturated rings. The van der Waals surface area contributed by atoms with Gasteiger partial charge in [-0.1, -0.05) is 54.1 Å². The second kappa shape index (κ2) is 9.97. The number of halogens is 1. The van der Waals surface area contributed by atoms with Gasteiger partial charge in [-0.15, -0.1) is 0 Å². The average molecular weight is 470 g/mol. The molecule has 0 atom stereocenters. The van der Waals surface area contributed by atoms with Gasteiger partial charge in [0, 0.05) is 5.02 Å². The lowest BCUT2D eigenvalue weighted by atomic mass is 10.1. The minimum Gasteiger partial charge on any atom is -0.271 e. The van der Waals surface area contributed by atoms with Crippen molar-refractivity contribution in [1.82, 2.24) is 5.43 Å². The molecule has 1 N–H and O–H groups in total. The number of anilines is 1. The lowest BCUT2D eigenvalue weighted by Gasteiger charge is -2.26. The van der Waals surface area contributed by atoms with E-state index < -0.39 is 22.5 Å². The molecule has 0 bridgehead atoms. The van der Waals surface area contributed by atoms with E-state index in [1.807, 2.05) is 19.9 Å². The summed E-state index contributed by atoms with van der Waals surface area (Å²) >= 11 is 5.90. The van der Waals surface area contributed by atoms with Crippen LogP contribution in [0.15, 0.2) is 82.8 Å². The number of amides is 1. The van der Waals surface area contributed by atoms with Crippen LogP contribution in [0.4, 0.5) is 5.69 Å². The Hall–Kier alpha value is -3.16. The molecule has 0 aliphatic heterocycles. The number of carbonyl (C=O) groups is 1. The Morgan fingerprint density at radius 3 is 2.28 bits per heavy atom. The molecule has 0 heterocycles. The molecule has 32 heavy (non-hydrogen) atoms. The third-order valence-corrected chi connectivity index (χ3v) is 7.10. The Morgan fingerprint density at radius 2 is 1.62 bits per heavy atom. The second-order valence-corrected chi connectivity index (χ2v) is 9.58. The molecule has 0 radical (unpaired) electrons. The van der Waals surface area contributed by atoms with Crippen molar-refractivity contribution in [1.29, 1.82) is 0 Å². The minimum absolute atomic E-state index is 0.106. The highest BCUT2D eigenvalue weighted by Crippen LogP contribution is 2.28. The number of hydrazone groups is 1. The van der Waals surface area contributed by atoms with E-state index in [4.69, 9.17) is 11.6 Å². The van der Waals surface area contributed by atoms with Gasteiger partial charge in [0.2, 0.25) is 0 Å². The van der Waals surface area contributed by atoms with Crippen molar-refractivity contribution in [3.63, 3.8) is 0 Å². The lowest BCUT2D eigenvalue weighted by Crippen LogP contribution is -2.40. The van der Waals surface area contributed by atoms with Crippen LogP contribution in [-0.4, -0.2) is 26.6 Å². The van der Waals surface area contributed by atoms with Crippen LogP contribution >= 0.6 is 11.6 Å². The quantitative estimate of drug-likeness (QED) is 0.402. The summed E-state index contributed by atoms with van der Waals surface area (Å²) in [5.41, 5.74) is 5.97. The summed E-state index contributed by atoms with van der Waals surface area (Å²) in [4.78, 5) is 12.9. The standard InChI is InChI=1S/C24H24ClN3O3S/c1-17-8-7-11-23(18(17)2)28(32(30,31)22-9-5-4-6-10-22)16-24(29)27-26-19(3)20-12-14-21(25)15-13-20/h4-15H,16H2,1-3H3,(H,27,29)/b26-19-. The number of sulfonamides is 1.